The smallest absolute Gasteiger partial charge is 0.251 e. The summed E-state index contributed by atoms with van der Waals surface area (Å²) in [7, 11) is 0. The van der Waals surface area contributed by atoms with Crippen LogP contribution in [0.4, 0.5) is 0 Å². The Morgan fingerprint density at radius 1 is 1.05 bits per heavy atom. The Morgan fingerprint density at radius 3 is 2.71 bits per heavy atom. The van der Waals surface area contributed by atoms with Crippen LogP contribution in [-0.2, 0) is 25.9 Å². The Morgan fingerprint density at radius 2 is 1.86 bits per heavy atom. The van der Waals surface area contributed by atoms with Crippen LogP contribution in [-0.4, -0.2) is 5.91 Å². The first-order chi connectivity index (χ1) is 10.3. The Bertz CT molecular complexity index is 664. The Kier molecular flexibility index (Phi) is 4.02. The number of aryl methyl sites for hydroxylation is 2. The number of rotatable bonds is 4. The molecule has 0 fully saturated rings. The molecule has 0 heterocycles. The molecule has 21 heavy (non-hydrogen) atoms. The van der Waals surface area contributed by atoms with Crippen LogP contribution in [0.3, 0.4) is 0 Å². The molecule has 0 spiro atoms. The number of nitrogens with two attached hydrogens (primary N) is 1. The number of benzene rings is 2. The Balaban J connectivity index is 1.66. The van der Waals surface area contributed by atoms with Gasteiger partial charge in [0, 0.05) is 18.7 Å². The van der Waals surface area contributed by atoms with E-state index in [-0.39, 0.29) is 5.91 Å². The topological polar surface area (TPSA) is 55.1 Å². The minimum atomic E-state index is -0.0112. The molecule has 3 N–H and O–H groups in total. The van der Waals surface area contributed by atoms with Crippen LogP contribution in [0, 0.1) is 0 Å². The lowest BCUT2D eigenvalue weighted by Gasteiger charge is -2.08. The number of fused-ring (bicyclic) bond motifs is 1. The van der Waals surface area contributed by atoms with Crippen molar-refractivity contribution in [3.8, 4) is 0 Å². The van der Waals surface area contributed by atoms with Crippen molar-refractivity contribution in [1.29, 1.82) is 0 Å². The van der Waals surface area contributed by atoms with Crippen molar-refractivity contribution in [2.75, 3.05) is 0 Å². The van der Waals surface area contributed by atoms with Crippen molar-refractivity contribution in [3.63, 3.8) is 0 Å². The molecule has 0 bridgehead atoms. The van der Waals surface area contributed by atoms with Gasteiger partial charge < -0.3 is 11.1 Å². The van der Waals surface area contributed by atoms with Gasteiger partial charge in [0.15, 0.2) is 0 Å². The Hall–Kier alpha value is -2.13. The number of nitrogens with one attached hydrogen (secondary N) is 1. The summed E-state index contributed by atoms with van der Waals surface area (Å²) in [4.78, 5) is 12.2. The van der Waals surface area contributed by atoms with Gasteiger partial charge in [-0.25, -0.2) is 0 Å². The van der Waals surface area contributed by atoms with E-state index in [1.54, 1.807) is 0 Å². The molecule has 1 aliphatic rings. The highest BCUT2D eigenvalue weighted by Crippen LogP contribution is 2.22. The minimum absolute atomic E-state index is 0.0112. The van der Waals surface area contributed by atoms with E-state index in [0.29, 0.717) is 13.1 Å². The number of carbonyl (C=O) groups excluding carboxylic acids is 1. The highest BCUT2D eigenvalue weighted by Gasteiger charge is 2.13. The summed E-state index contributed by atoms with van der Waals surface area (Å²) in [5.74, 6) is -0.0112. The zero-order chi connectivity index (χ0) is 14.7. The van der Waals surface area contributed by atoms with Gasteiger partial charge in [-0.2, -0.15) is 0 Å². The standard InChI is InChI=1S/C18H20N2O/c19-11-13-3-1-4-14(9-13)12-20-18(21)17-8-7-15-5-2-6-16(15)10-17/h1,3-4,7-10H,2,5-6,11-12,19H2,(H,20,21). The molecule has 0 radical (unpaired) electrons. The van der Waals surface area contributed by atoms with Gasteiger partial charge in [0.2, 0.25) is 0 Å². The molecule has 0 saturated heterocycles. The lowest BCUT2D eigenvalue weighted by Crippen LogP contribution is -2.23. The highest BCUT2D eigenvalue weighted by molar-refractivity contribution is 5.94. The molecule has 108 valence electrons. The molecule has 3 heteroatoms. The molecule has 0 unspecified atom stereocenters. The fourth-order valence-corrected chi connectivity index (χ4v) is 2.86. The maximum absolute atomic E-state index is 12.2. The van der Waals surface area contributed by atoms with Gasteiger partial charge in [0.05, 0.1) is 0 Å². The maximum Gasteiger partial charge on any atom is 0.251 e. The first-order valence-electron chi connectivity index (χ1n) is 7.44. The third-order valence-corrected chi connectivity index (χ3v) is 4.04. The van der Waals surface area contributed by atoms with E-state index >= 15 is 0 Å². The maximum atomic E-state index is 12.2. The summed E-state index contributed by atoms with van der Waals surface area (Å²) in [5.41, 5.74) is 11.3. The largest absolute Gasteiger partial charge is 0.348 e. The normalized spacial score (nSPS) is 13.0. The van der Waals surface area contributed by atoms with Gasteiger partial charge in [-0.3, -0.25) is 4.79 Å². The van der Waals surface area contributed by atoms with E-state index in [1.807, 2.05) is 36.4 Å². The number of hydrogen-bond acceptors (Lipinski definition) is 2. The van der Waals surface area contributed by atoms with Crippen LogP contribution >= 0.6 is 0 Å². The average molecular weight is 280 g/mol. The van der Waals surface area contributed by atoms with Gasteiger partial charge in [-0.05, 0) is 53.6 Å². The van der Waals surface area contributed by atoms with Crippen LogP contribution in [0.1, 0.15) is 39.0 Å². The van der Waals surface area contributed by atoms with Crippen molar-refractivity contribution in [2.24, 2.45) is 5.73 Å². The van der Waals surface area contributed by atoms with Crippen molar-refractivity contribution < 1.29 is 4.79 Å². The number of carbonyl (C=O) groups is 1. The molecule has 3 nitrogen and oxygen atoms in total. The molecule has 0 atom stereocenters. The van der Waals surface area contributed by atoms with Crippen LogP contribution in [0.25, 0.3) is 0 Å². The summed E-state index contributed by atoms with van der Waals surface area (Å²) >= 11 is 0. The first-order valence-corrected chi connectivity index (χ1v) is 7.44. The monoisotopic (exact) mass is 280 g/mol. The molecule has 0 aliphatic heterocycles. The van der Waals surface area contributed by atoms with Crippen molar-refractivity contribution >= 4 is 5.91 Å². The molecule has 0 aromatic heterocycles. The van der Waals surface area contributed by atoms with E-state index < -0.39 is 0 Å². The van der Waals surface area contributed by atoms with Crippen molar-refractivity contribution in [3.05, 3.63) is 70.3 Å². The summed E-state index contributed by atoms with van der Waals surface area (Å²) in [6, 6.07) is 14.0. The summed E-state index contributed by atoms with van der Waals surface area (Å²) in [5, 5.41) is 2.98. The van der Waals surface area contributed by atoms with Gasteiger partial charge in [0.25, 0.3) is 5.91 Å². The van der Waals surface area contributed by atoms with E-state index in [2.05, 4.69) is 11.4 Å². The van der Waals surface area contributed by atoms with Gasteiger partial charge in [-0.15, -0.1) is 0 Å². The third kappa shape index (κ3) is 3.14. The fraction of sp³-hybridized carbons (Fsp3) is 0.278. The second-order valence-corrected chi connectivity index (χ2v) is 5.54. The SMILES string of the molecule is NCc1cccc(CNC(=O)c2ccc3c(c2)CCC3)c1. The zero-order valence-corrected chi connectivity index (χ0v) is 12.1. The molecular formula is C18H20N2O. The zero-order valence-electron chi connectivity index (χ0n) is 12.1. The molecule has 0 saturated carbocycles. The molecule has 2 aromatic carbocycles. The lowest BCUT2D eigenvalue weighted by atomic mass is 10.1. The quantitative estimate of drug-likeness (QED) is 0.904. The number of hydrogen-bond donors (Lipinski definition) is 2. The van der Waals surface area contributed by atoms with Gasteiger partial charge in [0.1, 0.15) is 0 Å². The van der Waals surface area contributed by atoms with E-state index in [4.69, 9.17) is 5.73 Å². The molecule has 1 aliphatic carbocycles. The van der Waals surface area contributed by atoms with Crippen LogP contribution in [0.2, 0.25) is 0 Å². The summed E-state index contributed by atoms with van der Waals surface area (Å²) in [6.45, 7) is 1.05. The van der Waals surface area contributed by atoms with Crippen molar-refractivity contribution in [2.45, 2.75) is 32.4 Å². The predicted octanol–water partition coefficient (Wildman–Crippen LogP) is 2.56. The van der Waals surface area contributed by atoms with Gasteiger partial charge in [-0.1, -0.05) is 30.3 Å². The Labute approximate surface area is 125 Å². The molecular weight excluding hydrogens is 260 g/mol. The molecule has 2 aromatic rings. The highest BCUT2D eigenvalue weighted by atomic mass is 16.1. The average Bonchev–Trinajstić information content (AvgIpc) is 3.00. The fourth-order valence-electron chi connectivity index (χ4n) is 2.86. The second-order valence-electron chi connectivity index (χ2n) is 5.54. The predicted molar refractivity (Wildman–Crippen MR) is 84.0 cm³/mol. The second kappa shape index (κ2) is 6.10. The number of amides is 1. The molecule has 1 amide bonds. The van der Waals surface area contributed by atoms with Crippen LogP contribution in [0.5, 0.6) is 0 Å². The van der Waals surface area contributed by atoms with Crippen LogP contribution < -0.4 is 11.1 Å². The van der Waals surface area contributed by atoms with E-state index in [9.17, 15) is 4.79 Å². The van der Waals surface area contributed by atoms with E-state index in [0.717, 1.165) is 29.5 Å². The first kappa shape index (κ1) is 13.8. The van der Waals surface area contributed by atoms with Crippen LogP contribution in [0.15, 0.2) is 42.5 Å². The van der Waals surface area contributed by atoms with Crippen molar-refractivity contribution in [1.82, 2.24) is 5.32 Å². The lowest BCUT2D eigenvalue weighted by molar-refractivity contribution is 0.0951. The summed E-state index contributed by atoms with van der Waals surface area (Å²) in [6.07, 6.45) is 3.43. The molecule has 3 rings (SSSR count). The van der Waals surface area contributed by atoms with Gasteiger partial charge >= 0.3 is 0 Å². The minimum Gasteiger partial charge on any atom is -0.348 e. The third-order valence-electron chi connectivity index (χ3n) is 4.04. The van der Waals surface area contributed by atoms with E-state index in [1.165, 1.54) is 17.5 Å². The summed E-state index contributed by atoms with van der Waals surface area (Å²) < 4.78 is 0.